The number of fused-ring (bicyclic) bond motifs is 1. The Morgan fingerprint density at radius 3 is 2.59 bits per heavy atom. The highest BCUT2D eigenvalue weighted by Crippen LogP contribution is 2.24. The van der Waals surface area contributed by atoms with Crippen LogP contribution in [-0.2, 0) is 4.79 Å². The summed E-state index contributed by atoms with van der Waals surface area (Å²) in [4.78, 5) is 11.8. The molecule has 0 bridgehead atoms. The fourth-order valence-electron chi connectivity index (χ4n) is 1.78. The molecule has 2 aromatic carbocycles. The van der Waals surface area contributed by atoms with Crippen molar-refractivity contribution in [2.75, 3.05) is 6.61 Å². The van der Waals surface area contributed by atoms with E-state index in [1.807, 2.05) is 36.4 Å². The maximum Gasteiger partial charge on any atom is 0.264 e. The van der Waals surface area contributed by atoms with E-state index in [-0.39, 0.29) is 16.8 Å². The zero-order chi connectivity index (χ0) is 15.9. The van der Waals surface area contributed by atoms with Crippen molar-refractivity contribution in [3.05, 3.63) is 42.5 Å². The van der Waals surface area contributed by atoms with E-state index < -0.39 is 5.91 Å². The van der Waals surface area contributed by atoms with Crippen LogP contribution in [0.2, 0.25) is 0 Å². The molecular formula is C14H14N4O2S2. The first-order chi connectivity index (χ1) is 10.6. The van der Waals surface area contributed by atoms with E-state index in [4.69, 9.17) is 22.7 Å². The van der Waals surface area contributed by atoms with Gasteiger partial charge in [-0.05, 0) is 35.9 Å². The number of rotatable bonds is 3. The van der Waals surface area contributed by atoms with Crippen molar-refractivity contribution in [1.29, 1.82) is 0 Å². The summed E-state index contributed by atoms with van der Waals surface area (Å²) < 4.78 is 5.54. The maximum atomic E-state index is 11.8. The lowest BCUT2D eigenvalue weighted by Crippen LogP contribution is -2.50. The summed E-state index contributed by atoms with van der Waals surface area (Å²) in [7, 11) is 0. The van der Waals surface area contributed by atoms with Crippen LogP contribution < -0.4 is 26.6 Å². The first-order valence-electron chi connectivity index (χ1n) is 6.32. The van der Waals surface area contributed by atoms with Crippen LogP contribution in [-0.4, -0.2) is 22.7 Å². The lowest BCUT2D eigenvalue weighted by Gasteiger charge is -2.11. The minimum absolute atomic E-state index is 0.0172. The molecular weight excluding hydrogens is 320 g/mol. The lowest BCUT2D eigenvalue weighted by atomic mass is 10.1. The summed E-state index contributed by atoms with van der Waals surface area (Å²) in [6.45, 7) is -0.164. The van der Waals surface area contributed by atoms with Gasteiger partial charge in [-0.15, -0.1) is 0 Å². The molecule has 0 saturated carbocycles. The van der Waals surface area contributed by atoms with Gasteiger partial charge in [0.2, 0.25) is 0 Å². The highest BCUT2D eigenvalue weighted by molar-refractivity contribution is 7.80. The normalized spacial score (nSPS) is 9.82. The van der Waals surface area contributed by atoms with E-state index >= 15 is 0 Å². The maximum absolute atomic E-state index is 11.8. The standard InChI is InChI=1S/C14H14N4O2S2/c15-13(21)17-18-14(22)16-12(19)8-20-11-7-3-5-9-4-1-2-6-10(9)11/h1-7H,8H2,(H3,15,17,21)(H2,16,18,19,22). The summed E-state index contributed by atoms with van der Waals surface area (Å²) >= 11 is 9.47. The second kappa shape index (κ2) is 7.53. The molecule has 2 aromatic rings. The minimum atomic E-state index is -0.393. The zero-order valence-electron chi connectivity index (χ0n) is 11.5. The number of amides is 1. The number of carbonyl (C=O) groups excluding carboxylic acids is 1. The molecule has 22 heavy (non-hydrogen) atoms. The van der Waals surface area contributed by atoms with Gasteiger partial charge in [0.05, 0.1) is 0 Å². The number of hydrogen-bond donors (Lipinski definition) is 4. The van der Waals surface area contributed by atoms with Crippen LogP contribution in [0.4, 0.5) is 0 Å². The molecule has 0 aliphatic heterocycles. The molecule has 0 saturated heterocycles. The fraction of sp³-hybridized carbons (Fsp3) is 0.0714. The first kappa shape index (κ1) is 15.9. The van der Waals surface area contributed by atoms with Gasteiger partial charge in [-0.2, -0.15) is 0 Å². The molecule has 2 rings (SSSR count). The second-order valence-electron chi connectivity index (χ2n) is 4.26. The Hall–Kier alpha value is -2.45. The second-order valence-corrected chi connectivity index (χ2v) is 5.11. The largest absolute Gasteiger partial charge is 0.483 e. The number of hydrazine groups is 1. The highest BCUT2D eigenvalue weighted by Gasteiger charge is 2.07. The van der Waals surface area contributed by atoms with E-state index in [0.29, 0.717) is 5.75 Å². The van der Waals surface area contributed by atoms with E-state index in [1.165, 1.54) is 0 Å². The average Bonchev–Trinajstić information content (AvgIpc) is 2.51. The molecule has 0 aromatic heterocycles. The van der Waals surface area contributed by atoms with Gasteiger partial charge in [-0.3, -0.25) is 21.0 Å². The van der Waals surface area contributed by atoms with Crippen molar-refractivity contribution >= 4 is 51.3 Å². The van der Waals surface area contributed by atoms with E-state index in [1.54, 1.807) is 6.07 Å². The third kappa shape index (κ3) is 4.54. The Morgan fingerprint density at radius 2 is 1.82 bits per heavy atom. The monoisotopic (exact) mass is 334 g/mol. The van der Waals surface area contributed by atoms with Gasteiger partial charge in [0, 0.05) is 5.39 Å². The quantitative estimate of drug-likeness (QED) is 0.491. The molecule has 0 atom stereocenters. The third-order valence-electron chi connectivity index (χ3n) is 2.66. The fourth-order valence-corrected chi connectivity index (χ4v) is 1.99. The lowest BCUT2D eigenvalue weighted by molar-refractivity contribution is -0.121. The summed E-state index contributed by atoms with van der Waals surface area (Å²) in [5.41, 5.74) is 10.1. The average molecular weight is 334 g/mol. The summed E-state index contributed by atoms with van der Waals surface area (Å²) in [6, 6.07) is 13.4. The number of thiocarbonyl (C=S) groups is 2. The van der Waals surface area contributed by atoms with Crippen molar-refractivity contribution in [3.8, 4) is 5.75 Å². The molecule has 0 heterocycles. The molecule has 0 aliphatic rings. The van der Waals surface area contributed by atoms with Crippen molar-refractivity contribution in [3.63, 3.8) is 0 Å². The predicted octanol–water partition coefficient (Wildman–Crippen LogP) is 0.958. The van der Waals surface area contributed by atoms with Crippen molar-refractivity contribution in [2.24, 2.45) is 5.73 Å². The van der Waals surface area contributed by atoms with Crippen molar-refractivity contribution in [2.45, 2.75) is 0 Å². The Labute approximate surface area is 138 Å². The van der Waals surface area contributed by atoms with Crippen LogP contribution in [0.5, 0.6) is 5.75 Å². The van der Waals surface area contributed by atoms with Gasteiger partial charge in [-0.1, -0.05) is 36.4 Å². The zero-order valence-corrected chi connectivity index (χ0v) is 13.1. The summed E-state index contributed by atoms with van der Waals surface area (Å²) in [6.07, 6.45) is 0. The van der Waals surface area contributed by atoms with Gasteiger partial charge in [-0.25, -0.2) is 0 Å². The number of nitrogens with one attached hydrogen (secondary N) is 3. The Balaban J connectivity index is 1.90. The number of ether oxygens (including phenoxy) is 1. The van der Waals surface area contributed by atoms with Gasteiger partial charge >= 0.3 is 0 Å². The van der Waals surface area contributed by atoms with Crippen molar-refractivity contribution in [1.82, 2.24) is 16.2 Å². The van der Waals surface area contributed by atoms with Crippen LogP contribution in [0.3, 0.4) is 0 Å². The Kier molecular flexibility index (Phi) is 5.45. The van der Waals surface area contributed by atoms with Gasteiger partial charge < -0.3 is 10.5 Å². The van der Waals surface area contributed by atoms with E-state index in [9.17, 15) is 4.79 Å². The molecule has 1 amide bonds. The molecule has 114 valence electrons. The summed E-state index contributed by atoms with van der Waals surface area (Å²) in [5.74, 6) is 0.239. The summed E-state index contributed by atoms with van der Waals surface area (Å²) in [5, 5.41) is 4.48. The molecule has 8 heteroatoms. The minimum Gasteiger partial charge on any atom is -0.483 e. The van der Waals surface area contributed by atoms with Crippen LogP contribution in [0.1, 0.15) is 0 Å². The molecule has 6 nitrogen and oxygen atoms in total. The van der Waals surface area contributed by atoms with E-state index in [2.05, 4.69) is 28.4 Å². The molecule has 0 fully saturated rings. The predicted molar refractivity (Wildman–Crippen MR) is 93.2 cm³/mol. The Bertz CT molecular complexity index is 716. The van der Waals surface area contributed by atoms with Crippen molar-refractivity contribution < 1.29 is 9.53 Å². The Morgan fingerprint density at radius 1 is 1.09 bits per heavy atom. The molecule has 0 unspecified atom stereocenters. The number of benzene rings is 2. The smallest absolute Gasteiger partial charge is 0.264 e. The number of carbonyl (C=O) groups is 1. The topological polar surface area (TPSA) is 88.4 Å². The molecule has 5 N–H and O–H groups in total. The number of nitrogens with two attached hydrogens (primary N) is 1. The molecule has 0 spiro atoms. The van der Waals surface area contributed by atoms with Crippen LogP contribution in [0, 0.1) is 0 Å². The van der Waals surface area contributed by atoms with Gasteiger partial charge in [0.25, 0.3) is 5.91 Å². The van der Waals surface area contributed by atoms with Crippen LogP contribution >= 0.6 is 24.4 Å². The van der Waals surface area contributed by atoms with Crippen LogP contribution in [0.25, 0.3) is 10.8 Å². The van der Waals surface area contributed by atoms with Gasteiger partial charge in [0.1, 0.15) is 5.75 Å². The number of hydrogen-bond acceptors (Lipinski definition) is 4. The molecule has 0 aliphatic carbocycles. The first-order valence-corrected chi connectivity index (χ1v) is 7.14. The third-order valence-corrected chi connectivity index (χ3v) is 2.97. The SMILES string of the molecule is NC(=S)NNC(=S)NC(=O)COc1cccc2ccccc12. The highest BCUT2D eigenvalue weighted by atomic mass is 32.1. The van der Waals surface area contributed by atoms with E-state index in [0.717, 1.165) is 10.8 Å². The molecule has 0 radical (unpaired) electrons. The van der Waals surface area contributed by atoms with Crippen LogP contribution in [0.15, 0.2) is 42.5 Å². The van der Waals surface area contributed by atoms with Gasteiger partial charge in [0.15, 0.2) is 16.8 Å².